The molecule has 0 unspecified atom stereocenters. The van der Waals surface area contributed by atoms with Crippen molar-refractivity contribution < 1.29 is 9.59 Å². The molecule has 18 heavy (non-hydrogen) atoms. The zero-order chi connectivity index (χ0) is 13.3. The molecule has 0 saturated carbocycles. The van der Waals surface area contributed by atoms with E-state index in [1.807, 2.05) is 6.07 Å². The number of pyridine rings is 1. The summed E-state index contributed by atoms with van der Waals surface area (Å²) >= 11 is 0. The zero-order valence-electron chi connectivity index (χ0n) is 10.4. The summed E-state index contributed by atoms with van der Waals surface area (Å²) in [6, 6.07) is 3.20. The molecule has 3 N–H and O–H groups in total. The maximum absolute atomic E-state index is 12.0. The average Bonchev–Trinajstić information content (AvgIpc) is 2.52. The minimum atomic E-state index is -0.845. The fourth-order valence-corrected chi connectivity index (χ4v) is 1.93. The molecule has 6 nitrogen and oxygen atoms in total. The summed E-state index contributed by atoms with van der Waals surface area (Å²) < 4.78 is 0. The monoisotopic (exact) mass is 248 g/mol. The van der Waals surface area contributed by atoms with E-state index in [4.69, 9.17) is 5.73 Å². The van der Waals surface area contributed by atoms with Crippen molar-refractivity contribution in [1.29, 1.82) is 0 Å². The third-order valence-corrected chi connectivity index (χ3v) is 2.95. The highest BCUT2D eigenvalue weighted by atomic mass is 16.2. The van der Waals surface area contributed by atoms with Crippen LogP contribution in [0.4, 0.5) is 4.79 Å². The van der Waals surface area contributed by atoms with Gasteiger partial charge in [0.05, 0.1) is 12.2 Å². The van der Waals surface area contributed by atoms with Gasteiger partial charge >= 0.3 is 6.03 Å². The SMILES string of the molecule is CC1(C)NC(=O)N(Cc2cccnc2CN)C1=O. The molecule has 1 aliphatic rings. The van der Waals surface area contributed by atoms with Gasteiger partial charge in [0.15, 0.2) is 0 Å². The second-order valence-electron chi connectivity index (χ2n) is 4.76. The zero-order valence-corrected chi connectivity index (χ0v) is 10.4. The Labute approximate surface area is 105 Å². The van der Waals surface area contributed by atoms with Crippen LogP contribution in [-0.2, 0) is 17.9 Å². The number of nitrogens with zero attached hydrogens (tertiary/aromatic N) is 2. The molecule has 0 atom stereocenters. The fourth-order valence-electron chi connectivity index (χ4n) is 1.93. The number of hydrogen-bond donors (Lipinski definition) is 2. The topological polar surface area (TPSA) is 88.3 Å². The Hall–Kier alpha value is -1.95. The van der Waals surface area contributed by atoms with Crippen LogP contribution in [0.3, 0.4) is 0 Å². The number of imide groups is 1. The van der Waals surface area contributed by atoms with Gasteiger partial charge in [-0.15, -0.1) is 0 Å². The van der Waals surface area contributed by atoms with E-state index in [0.29, 0.717) is 5.69 Å². The predicted octanol–water partition coefficient (Wildman–Crippen LogP) is 0.371. The molecule has 1 aromatic heterocycles. The fraction of sp³-hybridized carbons (Fsp3) is 0.417. The van der Waals surface area contributed by atoms with Crippen LogP contribution < -0.4 is 11.1 Å². The molecular weight excluding hydrogens is 232 g/mol. The van der Waals surface area contributed by atoms with Crippen LogP contribution in [0, 0.1) is 0 Å². The first kappa shape index (κ1) is 12.5. The van der Waals surface area contributed by atoms with Gasteiger partial charge in [0.1, 0.15) is 5.54 Å². The van der Waals surface area contributed by atoms with Gasteiger partial charge < -0.3 is 11.1 Å². The van der Waals surface area contributed by atoms with Crippen LogP contribution >= 0.6 is 0 Å². The summed E-state index contributed by atoms with van der Waals surface area (Å²) in [5.74, 6) is -0.237. The van der Waals surface area contributed by atoms with Crippen molar-refractivity contribution in [2.24, 2.45) is 5.73 Å². The largest absolute Gasteiger partial charge is 0.325 e. The van der Waals surface area contributed by atoms with Gasteiger partial charge in [0, 0.05) is 12.7 Å². The van der Waals surface area contributed by atoms with E-state index >= 15 is 0 Å². The van der Waals surface area contributed by atoms with Crippen LogP contribution in [0.2, 0.25) is 0 Å². The molecule has 0 bridgehead atoms. The highest BCUT2D eigenvalue weighted by Crippen LogP contribution is 2.19. The molecule has 2 rings (SSSR count). The Morgan fingerprint density at radius 2 is 2.17 bits per heavy atom. The van der Waals surface area contributed by atoms with Gasteiger partial charge in [-0.05, 0) is 25.5 Å². The summed E-state index contributed by atoms with van der Waals surface area (Å²) in [6.45, 7) is 3.85. The lowest BCUT2D eigenvalue weighted by Crippen LogP contribution is -2.40. The number of hydrogen-bond acceptors (Lipinski definition) is 4. The molecule has 96 valence electrons. The molecule has 0 aliphatic carbocycles. The van der Waals surface area contributed by atoms with Crippen LogP contribution in [-0.4, -0.2) is 27.4 Å². The molecule has 1 aromatic rings. The molecule has 0 spiro atoms. The number of carbonyl (C=O) groups is 2. The number of rotatable bonds is 3. The molecule has 1 fully saturated rings. The van der Waals surface area contributed by atoms with Crippen molar-refractivity contribution in [2.45, 2.75) is 32.5 Å². The van der Waals surface area contributed by atoms with E-state index in [2.05, 4.69) is 10.3 Å². The second-order valence-corrected chi connectivity index (χ2v) is 4.76. The minimum absolute atomic E-state index is 0.203. The smallest absolute Gasteiger partial charge is 0.325 e. The highest BCUT2D eigenvalue weighted by molar-refractivity contribution is 6.06. The van der Waals surface area contributed by atoms with Crippen molar-refractivity contribution in [2.75, 3.05) is 0 Å². The molecule has 6 heteroatoms. The molecule has 0 radical (unpaired) electrons. The summed E-state index contributed by atoms with van der Waals surface area (Å²) in [6.07, 6.45) is 1.64. The third kappa shape index (κ3) is 2.06. The summed E-state index contributed by atoms with van der Waals surface area (Å²) in [4.78, 5) is 29.1. The number of urea groups is 1. The molecular formula is C12H16N4O2. The first-order valence-electron chi connectivity index (χ1n) is 5.72. The summed E-state index contributed by atoms with van der Waals surface area (Å²) in [5.41, 5.74) is 6.23. The van der Waals surface area contributed by atoms with Crippen molar-refractivity contribution in [3.63, 3.8) is 0 Å². The first-order chi connectivity index (χ1) is 8.45. The Balaban J connectivity index is 2.24. The van der Waals surface area contributed by atoms with E-state index in [0.717, 1.165) is 5.56 Å². The Bertz CT molecular complexity index is 499. The third-order valence-electron chi connectivity index (χ3n) is 2.95. The first-order valence-corrected chi connectivity index (χ1v) is 5.72. The predicted molar refractivity (Wildman–Crippen MR) is 65.3 cm³/mol. The summed E-state index contributed by atoms with van der Waals surface area (Å²) in [7, 11) is 0. The van der Waals surface area contributed by atoms with Crippen LogP contribution in [0.25, 0.3) is 0 Å². The standard InChI is InChI=1S/C12H16N4O2/c1-12(2)10(17)16(11(18)15-12)7-8-4-3-5-14-9(8)6-13/h3-5H,6-7,13H2,1-2H3,(H,15,18). The maximum Gasteiger partial charge on any atom is 0.325 e. The van der Waals surface area contributed by atoms with E-state index in [9.17, 15) is 9.59 Å². The lowest BCUT2D eigenvalue weighted by atomic mass is 10.1. The van der Waals surface area contributed by atoms with Crippen molar-refractivity contribution in [1.82, 2.24) is 15.2 Å². The normalized spacial score (nSPS) is 18.1. The van der Waals surface area contributed by atoms with Gasteiger partial charge in [-0.25, -0.2) is 4.79 Å². The molecule has 0 aromatic carbocycles. The van der Waals surface area contributed by atoms with Gasteiger partial charge in [-0.3, -0.25) is 14.7 Å². The highest BCUT2D eigenvalue weighted by Gasteiger charge is 2.44. The van der Waals surface area contributed by atoms with E-state index in [-0.39, 0.29) is 25.0 Å². The number of nitrogens with two attached hydrogens (primary N) is 1. The van der Waals surface area contributed by atoms with E-state index in [1.165, 1.54) is 4.90 Å². The molecule has 1 saturated heterocycles. The molecule has 1 aliphatic heterocycles. The van der Waals surface area contributed by atoms with Crippen LogP contribution in [0.5, 0.6) is 0 Å². The van der Waals surface area contributed by atoms with Gasteiger partial charge in [0.25, 0.3) is 5.91 Å². The van der Waals surface area contributed by atoms with E-state index < -0.39 is 5.54 Å². The van der Waals surface area contributed by atoms with Gasteiger partial charge in [0.2, 0.25) is 0 Å². The van der Waals surface area contributed by atoms with E-state index in [1.54, 1.807) is 26.1 Å². The molecule has 3 amide bonds. The Kier molecular flexibility index (Phi) is 3.04. The van der Waals surface area contributed by atoms with Crippen molar-refractivity contribution >= 4 is 11.9 Å². The van der Waals surface area contributed by atoms with Crippen LogP contribution in [0.1, 0.15) is 25.1 Å². The quantitative estimate of drug-likeness (QED) is 0.756. The van der Waals surface area contributed by atoms with Gasteiger partial charge in [-0.1, -0.05) is 6.07 Å². The van der Waals surface area contributed by atoms with Crippen LogP contribution in [0.15, 0.2) is 18.3 Å². The molecule has 2 heterocycles. The number of amides is 3. The number of nitrogens with one attached hydrogen (secondary N) is 1. The Morgan fingerprint density at radius 3 is 2.72 bits per heavy atom. The van der Waals surface area contributed by atoms with Gasteiger partial charge in [-0.2, -0.15) is 0 Å². The minimum Gasteiger partial charge on any atom is -0.325 e. The van der Waals surface area contributed by atoms with Crippen molar-refractivity contribution in [3.8, 4) is 0 Å². The maximum atomic E-state index is 12.0. The van der Waals surface area contributed by atoms with Crippen molar-refractivity contribution in [3.05, 3.63) is 29.6 Å². The number of carbonyl (C=O) groups excluding carboxylic acids is 2. The average molecular weight is 248 g/mol. The Morgan fingerprint density at radius 1 is 1.44 bits per heavy atom. The summed E-state index contributed by atoms with van der Waals surface area (Å²) in [5, 5.41) is 2.64. The lowest BCUT2D eigenvalue weighted by molar-refractivity contribution is -0.130. The number of aromatic nitrogens is 1. The second kappa shape index (κ2) is 4.38. The lowest BCUT2D eigenvalue weighted by Gasteiger charge is -2.17.